The second-order valence-electron chi connectivity index (χ2n) is 6.51. The minimum atomic E-state index is 0.565. The molecule has 1 aromatic rings. The molecule has 1 saturated carbocycles. The monoisotopic (exact) mass is 275 g/mol. The number of anilines is 1. The molecule has 0 saturated heterocycles. The van der Waals surface area contributed by atoms with Crippen LogP contribution < -0.4 is 10.1 Å². The molecule has 0 heterocycles. The van der Waals surface area contributed by atoms with Crippen LogP contribution in [0.3, 0.4) is 0 Å². The standard InChI is InChI=1S/C18H29NO/c1-4-15-7-5-8-16(11-15)19-17-9-6-10-18(12-17)20-13-14(2)3/h6,9-10,12,14-16,19H,4-5,7-8,11,13H2,1-3H3. The largest absolute Gasteiger partial charge is 0.493 e. The van der Waals surface area contributed by atoms with E-state index in [9.17, 15) is 0 Å². The van der Waals surface area contributed by atoms with E-state index in [0.29, 0.717) is 12.0 Å². The molecule has 112 valence electrons. The van der Waals surface area contributed by atoms with Crippen LogP contribution in [0.25, 0.3) is 0 Å². The van der Waals surface area contributed by atoms with Crippen molar-refractivity contribution in [3.63, 3.8) is 0 Å². The van der Waals surface area contributed by atoms with Crippen molar-refractivity contribution in [3.8, 4) is 5.75 Å². The van der Waals surface area contributed by atoms with Gasteiger partial charge in [-0.2, -0.15) is 0 Å². The molecule has 0 aromatic heterocycles. The summed E-state index contributed by atoms with van der Waals surface area (Å²) in [6, 6.07) is 9.05. The van der Waals surface area contributed by atoms with Crippen molar-refractivity contribution in [3.05, 3.63) is 24.3 Å². The third-order valence-corrected chi connectivity index (χ3v) is 4.15. The summed E-state index contributed by atoms with van der Waals surface area (Å²) in [7, 11) is 0. The lowest BCUT2D eigenvalue weighted by atomic mass is 9.84. The Bertz CT molecular complexity index is 402. The van der Waals surface area contributed by atoms with Crippen molar-refractivity contribution < 1.29 is 4.74 Å². The van der Waals surface area contributed by atoms with Crippen LogP contribution in [-0.2, 0) is 0 Å². The third kappa shape index (κ3) is 4.73. The van der Waals surface area contributed by atoms with Crippen LogP contribution >= 0.6 is 0 Å². The second-order valence-corrected chi connectivity index (χ2v) is 6.51. The molecule has 0 aliphatic heterocycles. The molecule has 20 heavy (non-hydrogen) atoms. The summed E-state index contributed by atoms with van der Waals surface area (Å²) < 4.78 is 5.80. The Labute approximate surface area is 123 Å². The number of benzene rings is 1. The molecule has 2 atom stereocenters. The highest BCUT2D eigenvalue weighted by molar-refractivity contribution is 5.48. The van der Waals surface area contributed by atoms with Gasteiger partial charge in [0.25, 0.3) is 0 Å². The van der Waals surface area contributed by atoms with Gasteiger partial charge in [0.1, 0.15) is 5.75 Å². The van der Waals surface area contributed by atoms with E-state index in [2.05, 4.69) is 44.3 Å². The topological polar surface area (TPSA) is 21.3 Å². The van der Waals surface area contributed by atoms with Gasteiger partial charge in [-0.3, -0.25) is 0 Å². The van der Waals surface area contributed by atoms with E-state index in [4.69, 9.17) is 4.74 Å². The SMILES string of the molecule is CCC1CCCC(Nc2cccc(OCC(C)C)c2)C1. The van der Waals surface area contributed by atoms with E-state index in [1.165, 1.54) is 37.8 Å². The first kappa shape index (κ1) is 15.2. The summed E-state index contributed by atoms with van der Waals surface area (Å²) >= 11 is 0. The number of ether oxygens (including phenoxy) is 1. The van der Waals surface area contributed by atoms with Crippen molar-refractivity contribution in [1.82, 2.24) is 0 Å². The normalized spacial score (nSPS) is 22.8. The van der Waals surface area contributed by atoms with Crippen LogP contribution in [0.15, 0.2) is 24.3 Å². The lowest BCUT2D eigenvalue weighted by Crippen LogP contribution is -2.27. The molecule has 2 nitrogen and oxygen atoms in total. The Morgan fingerprint density at radius 3 is 2.90 bits per heavy atom. The fourth-order valence-corrected chi connectivity index (χ4v) is 2.97. The summed E-state index contributed by atoms with van der Waals surface area (Å²) in [4.78, 5) is 0. The Morgan fingerprint density at radius 2 is 2.15 bits per heavy atom. The smallest absolute Gasteiger partial charge is 0.121 e. The molecule has 2 unspecified atom stereocenters. The average Bonchev–Trinajstić information content (AvgIpc) is 2.46. The minimum Gasteiger partial charge on any atom is -0.493 e. The molecule has 0 bridgehead atoms. The fourth-order valence-electron chi connectivity index (χ4n) is 2.97. The first-order chi connectivity index (χ1) is 9.67. The summed E-state index contributed by atoms with van der Waals surface area (Å²) in [6.45, 7) is 7.45. The van der Waals surface area contributed by atoms with E-state index < -0.39 is 0 Å². The fraction of sp³-hybridized carbons (Fsp3) is 0.667. The van der Waals surface area contributed by atoms with Gasteiger partial charge in [0.15, 0.2) is 0 Å². The highest BCUT2D eigenvalue weighted by atomic mass is 16.5. The van der Waals surface area contributed by atoms with Crippen LogP contribution in [0, 0.1) is 11.8 Å². The van der Waals surface area contributed by atoms with Gasteiger partial charge < -0.3 is 10.1 Å². The molecule has 1 aromatic carbocycles. The van der Waals surface area contributed by atoms with Gasteiger partial charge in [0.05, 0.1) is 6.61 Å². The Morgan fingerprint density at radius 1 is 1.30 bits per heavy atom. The first-order valence-electron chi connectivity index (χ1n) is 8.16. The Kier molecular flexibility index (Phi) is 5.75. The lowest BCUT2D eigenvalue weighted by Gasteiger charge is -2.30. The van der Waals surface area contributed by atoms with Gasteiger partial charge in [-0.1, -0.05) is 46.1 Å². The summed E-state index contributed by atoms with van der Waals surface area (Å²) in [5, 5.41) is 3.69. The zero-order valence-corrected chi connectivity index (χ0v) is 13.2. The lowest BCUT2D eigenvalue weighted by molar-refractivity contribution is 0.271. The van der Waals surface area contributed by atoms with E-state index in [1.807, 2.05) is 6.07 Å². The van der Waals surface area contributed by atoms with E-state index in [1.54, 1.807) is 0 Å². The molecule has 0 amide bonds. The van der Waals surface area contributed by atoms with Crippen molar-refractivity contribution in [1.29, 1.82) is 0 Å². The first-order valence-corrected chi connectivity index (χ1v) is 8.16. The quantitative estimate of drug-likeness (QED) is 0.779. The van der Waals surface area contributed by atoms with Gasteiger partial charge in [0, 0.05) is 17.8 Å². The molecule has 1 aliphatic carbocycles. The van der Waals surface area contributed by atoms with E-state index >= 15 is 0 Å². The summed E-state index contributed by atoms with van der Waals surface area (Å²) in [6.07, 6.45) is 6.70. The maximum absolute atomic E-state index is 5.80. The number of nitrogens with one attached hydrogen (secondary N) is 1. The predicted octanol–water partition coefficient (Wildman–Crippen LogP) is 5.10. The molecular weight excluding hydrogens is 246 g/mol. The van der Waals surface area contributed by atoms with Gasteiger partial charge in [-0.05, 0) is 36.8 Å². The Hall–Kier alpha value is -1.18. The van der Waals surface area contributed by atoms with Crippen molar-refractivity contribution in [2.45, 2.75) is 58.9 Å². The zero-order chi connectivity index (χ0) is 14.4. The van der Waals surface area contributed by atoms with Gasteiger partial charge in [-0.15, -0.1) is 0 Å². The van der Waals surface area contributed by atoms with Crippen molar-refractivity contribution in [2.75, 3.05) is 11.9 Å². The molecule has 0 radical (unpaired) electrons. The predicted molar refractivity (Wildman–Crippen MR) is 86.4 cm³/mol. The number of rotatable bonds is 6. The van der Waals surface area contributed by atoms with Crippen LogP contribution in [0.1, 0.15) is 52.9 Å². The zero-order valence-electron chi connectivity index (χ0n) is 13.2. The van der Waals surface area contributed by atoms with Crippen LogP contribution in [0.4, 0.5) is 5.69 Å². The molecule has 1 fully saturated rings. The summed E-state index contributed by atoms with van der Waals surface area (Å²) in [5.41, 5.74) is 1.20. The number of hydrogen-bond donors (Lipinski definition) is 1. The molecule has 1 N–H and O–H groups in total. The number of hydrogen-bond acceptors (Lipinski definition) is 2. The second kappa shape index (κ2) is 7.56. The third-order valence-electron chi connectivity index (χ3n) is 4.15. The van der Waals surface area contributed by atoms with Crippen molar-refractivity contribution in [2.24, 2.45) is 11.8 Å². The highest BCUT2D eigenvalue weighted by Crippen LogP contribution is 2.29. The van der Waals surface area contributed by atoms with Gasteiger partial charge in [0.2, 0.25) is 0 Å². The molecule has 1 aliphatic rings. The minimum absolute atomic E-state index is 0.565. The molecule has 2 heteroatoms. The van der Waals surface area contributed by atoms with Crippen LogP contribution in [0.2, 0.25) is 0 Å². The van der Waals surface area contributed by atoms with E-state index in [-0.39, 0.29) is 0 Å². The molecule has 2 rings (SSSR count). The molecular formula is C18H29NO. The van der Waals surface area contributed by atoms with E-state index in [0.717, 1.165) is 18.3 Å². The average molecular weight is 275 g/mol. The maximum atomic E-state index is 5.80. The van der Waals surface area contributed by atoms with Gasteiger partial charge in [-0.25, -0.2) is 0 Å². The van der Waals surface area contributed by atoms with Gasteiger partial charge >= 0.3 is 0 Å². The Balaban J connectivity index is 1.90. The van der Waals surface area contributed by atoms with Crippen LogP contribution in [-0.4, -0.2) is 12.6 Å². The van der Waals surface area contributed by atoms with Crippen LogP contribution in [0.5, 0.6) is 5.75 Å². The van der Waals surface area contributed by atoms with Crippen molar-refractivity contribution >= 4 is 5.69 Å². The highest BCUT2D eigenvalue weighted by Gasteiger charge is 2.20. The maximum Gasteiger partial charge on any atom is 0.121 e. The summed E-state index contributed by atoms with van der Waals surface area (Å²) in [5.74, 6) is 2.45. The molecule has 0 spiro atoms.